The number of carbonyl (C=O) groups is 1. The summed E-state index contributed by atoms with van der Waals surface area (Å²) in [6.07, 6.45) is 4.55. The lowest BCUT2D eigenvalue weighted by atomic mass is 10.0. The Hall–Kier alpha value is -1.35. The van der Waals surface area contributed by atoms with Crippen LogP contribution in [0.25, 0.3) is 0 Å². The number of amides is 1. The standard InChI is InChI=1S/C17H25N3O4S.ClH/c1-24-15-8-5-12(10-16(15)25(22,23)19-13-6-7-13)17(21)20-9-3-2-4-14(20)11-18;/h5,8,10,13-14,19H,2-4,6-7,9,11,18H2,1H3;1H. The highest BCUT2D eigenvalue weighted by Crippen LogP contribution is 2.29. The number of ether oxygens (including phenoxy) is 1. The molecule has 1 aromatic rings. The molecular formula is C17H26ClN3O4S. The van der Waals surface area contributed by atoms with Crippen LogP contribution in [0, 0.1) is 0 Å². The largest absolute Gasteiger partial charge is 0.495 e. The topological polar surface area (TPSA) is 102 Å². The first-order chi connectivity index (χ1) is 12.0. The van der Waals surface area contributed by atoms with E-state index in [1.54, 1.807) is 11.0 Å². The molecule has 3 rings (SSSR count). The maximum absolute atomic E-state index is 12.9. The number of benzene rings is 1. The van der Waals surface area contributed by atoms with Crippen molar-refractivity contribution in [1.29, 1.82) is 0 Å². The maximum Gasteiger partial charge on any atom is 0.254 e. The fourth-order valence-electron chi connectivity index (χ4n) is 3.18. The molecule has 1 unspecified atom stereocenters. The average Bonchev–Trinajstić information content (AvgIpc) is 3.43. The minimum atomic E-state index is -3.72. The zero-order chi connectivity index (χ0) is 18.0. The molecule has 2 aliphatic rings. The minimum Gasteiger partial charge on any atom is -0.495 e. The monoisotopic (exact) mass is 403 g/mol. The van der Waals surface area contributed by atoms with Crippen molar-refractivity contribution in [2.24, 2.45) is 5.73 Å². The molecule has 0 bridgehead atoms. The molecule has 3 N–H and O–H groups in total. The summed E-state index contributed by atoms with van der Waals surface area (Å²) in [5.74, 6) is 0.0550. The highest BCUT2D eigenvalue weighted by atomic mass is 35.5. The van der Waals surface area contributed by atoms with Crippen LogP contribution in [0.4, 0.5) is 0 Å². The van der Waals surface area contributed by atoms with E-state index in [2.05, 4.69) is 4.72 Å². The summed E-state index contributed by atoms with van der Waals surface area (Å²) in [5.41, 5.74) is 6.14. The predicted octanol–water partition coefficient (Wildman–Crippen LogP) is 1.51. The zero-order valence-electron chi connectivity index (χ0n) is 14.8. The lowest BCUT2D eigenvalue weighted by molar-refractivity contribution is 0.0623. The molecule has 1 amide bonds. The fraction of sp³-hybridized carbons (Fsp3) is 0.588. The van der Waals surface area contributed by atoms with Gasteiger partial charge >= 0.3 is 0 Å². The lowest BCUT2D eigenvalue weighted by Crippen LogP contribution is -2.47. The van der Waals surface area contributed by atoms with Crippen LogP contribution in [0.2, 0.25) is 0 Å². The van der Waals surface area contributed by atoms with Crippen LogP contribution in [0.1, 0.15) is 42.5 Å². The second-order valence-corrected chi connectivity index (χ2v) is 8.33. The van der Waals surface area contributed by atoms with Crippen molar-refractivity contribution in [3.05, 3.63) is 23.8 Å². The first kappa shape index (κ1) is 21.0. The lowest BCUT2D eigenvalue weighted by Gasteiger charge is -2.35. The summed E-state index contributed by atoms with van der Waals surface area (Å²) in [4.78, 5) is 14.7. The van der Waals surface area contributed by atoms with Gasteiger partial charge in [0.25, 0.3) is 5.91 Å². The molecule has 1 heterocycles. The van der Waals surface area contributed by atoms with Gasteiger partial charge in [-0.15, -0.1) is 12.4 Å². The van der Waals surface area contributed by atoms with Crippen molar-refractivity contribution in [3.63, 3.8) is 0 Å². The first-order valence-electron chi connectivity index (χ1n) is 8.67. The highest BCUT2D eigenvalue weighted by molar-refractivity contribution is 7.89. The number of hydrogen-bond donors (Lipinski definition) is 2. The molecule has 1 saturated heterocycles. The molecule has 146 valence electrons. The molecular weight excluding hydrogens is 378 g/mol. The van der Waals surface area contributed by atoms with E-state index in [0.29, 0.717) is 18.7 Å². The predicted molar refractivity (Wildman–Crippen MR) is 101 cm³/mol. The Morgan fingerprint density at radius 2 is 2.04 bits per heavy atom. The quantitative estimate of drug-likeness (QED) is 0.749. The van der Waals surface area contributed by atoms with E-state index in [9.17, 15) is 13.2 Å². The van der Waals surface area contributed by atoms with Gasteiger partial charge in [0.1, 0.15) is 10.6 Å². The number of methoxy groups -OCH3 is 1. The number of rotatable bonds is 6. The first-order valence-corrected chi connectivity index (χ1v) is 10.2. The summed E-state index contributed by atoms with van der Waals surface area (Å²) in [6.45, 7) is 1.06. The summed E-state index contributed by atoms with van der Waals surface area (Å²) >= 11 is 0. The molecule has 7 nitrogen and oxygen atoms in total. The number of piperidine rings is 1. The molecule has 2 fully saturated rings. The van der Waals surface area contributed by atoms with Gasteiger partial charge in [-0.25, -0.2) is 13.1 Å². The van der Waals surface area contributed by atoms with Crippen LogP contribution in [-0.2, 0) is 10.0 Å². The van der Waals surface area contributed by atoms with Crippen molar-refractivity contribution >= 4 is 28.3 Å². The van der Waals surface area contributed by atoms with Crippen molar-refractivity contribution in [2.75, 3.05) is 20.2 Å². The van der Waals surface area contributed by atoms with Gasteiger partial charge in [-0.2, -0.15) is 0 Å². The van der Waals surface area contributed by atoms with E-state index in [0.717, 1.165) is 32.1 Å². The molecule has 0 spiro atoms. The number of halogens is 1. The van der Waals surface area contributed by atoms with E-state index in [1.165, 1.54) is 19.2 Å². The van der Waals surface area contributed by atoms with Gasteiger partial charge in [-0.05, 0) is 50.3 Å². The second kappa shape index (κ2) is 8.56. The van der Waals surface area contributed by atoms with Gasteiger partial charge in [0, 0.05) is 30.7 Å². The van der Waals surface area contributed by atoms with Gasteiger partial charge in [-0.1, -0.05) is 0 Å². The Morgan fingerprint density at radius 3 is 2.65 bits per heavy atom. The summed E-state index contributed by atoms with van der Waals surface area (Å²) in [7, 11) is -2.30. The molecule has 1 aromatic carbocycles. The van der Waals surface area contributed by atoms with Gasteiger partial charge in [-0.3, -0.25) is 4.79 Å². The number of nitrogens with one attached hydrogen (secondary N) is 1. The van der Waals surface area contributed by atoms with Crippen LogP contribution in [0.15, 0.2) is 23.1 Å². The molecule has 0 radical (unpaired) electrons. The van der Waals surface area contributed by atoms with Crippen LogP contribution < -0.4 is 15.2 Å². The Labute approximate surface area is 160 Å². The van der Waals surface area contributed by atoms with Crippen molar-refractivity contribution in [2.45, 2.75) is 49.1 Å². The number of sulfonamides is 1. The third kappa shape index (κ3) is 4.49. The van der Waals surface area contributed by atoms with Crippen molar-refractivity contribution in [3.8, 4) is 5.75 Å². The van der Waals surface area contributed by atoms with E-state index >= 15 is 0 Å². The molecule has 1 aliphatic carbocycles. The molecule has 1 aliphatic heterocycles. The van der Waals surface area contributed by atoms with Gasteiger partial charge in [0.2, 0.25) is 10.0 Å². The second-order valence-electron chi connectivity index (χ2n) is 6.65. The molecule has 26 heavy (non-hydrogen) atoms. The van der Waals surface area contributed by atoms with Gasteiger partial charge < -0.3 is 15.4 Å². The highest BCUT2D eigenvalue weighted by Gasteiger charge is 2.32. The van der Waals surface area contributed by atoms with E-state index in [-0.39, 0.29) is 41.0 Å². The smallest absolute Gasteiger partial charge is 0.254 e. The van der Waals surface area contributed by atoms with E-state index in [4.69, 9.17) is 10.5 Å². The third-order valence-corrected chi connectivity index (χ3v) is 6.30. The number of hydrogen-bond acceptors (Lipinski definition) is 5. The number of nitrogens with two attached hydrogens (primary N) is 1. The van der Waals surface area contributed by atoms with E-state index < -0.39 is 10.0 Å². The minimum absolute atomic E-state index is 0. The zero-order valence-corrected chi connectivity index (χ0v) is 16.4. The average molecular weight is 404 g/mol. The van der Waals surface area contributed by atoms with Crippen LogP contribution >= 0.6 is 12.4 Å². The summed E-state index contributed by atoms with van der Waals surface area (Å²) < 4.78 is 33.0. The Balaban J connectivity index is 0.00000243. The Morgan fingerprint density at radius 1 is 1.31 bits per heavy atom. The number of likely N-dealkylation sites (tertiary alicyclic amines) is 1. The molecule has 9 heteroatoms. The normalized spacial score (nSPS) is 20.4. The summed E-state index contributed by atoms with van der Waals surface area (Å²) in [6, 6.07) is 4.55. The van der Waals surface area contributed by atoms with Crippen LogP contribution in [-0.4, -0.2) is 51.5 Å². The Kier molecular flexibility index (Phi) is 6.90. The van der Waals surface area contributed by atoms with Crippen molar-refractivity contribution < 1.29 is 17.9 Å². The number of nitrogens with zero attached hydrogens (tertiary/aromatic N) is 1. The van der Waals surface area contributed by atoms with Crippen molar-refractivity contribution in [1.82, 2.24) is 9.62 Å². The van der Waals surface area contributed by atoms with E-state index in [1.807, 2.05) is 0 Å². The summed E-state index contributed by atoms with van der Waals surface area (Å²) in [5, 5.41) is 0. The van der Waals surface area contributed by atoms with Gasteiger partial charge in [0.15, 0.2) is 0 Å². The SMILES string of the molecule is COc1ccc(C(=O)N2CCCCC2CN)cc1S(=O)(=O)NC1CC1.Cl. The fourth-order valence-corrected chi connectivity index (χ4v) is 4.68. The van der Waals surface area contributed by atoms with Crippen LogP contribution in [0.3, 0.4) is 0 Å². The maximum atomic E-state index is 12.9. The molecule has 0 aromatic heterocycles. The Bertz CT molecular complexity index is 752. The molecule has 1 atom stereocenters. The molecule has 1 saturated carbocycles. The van der Waals surface area contributed by atoms with Crippen LogP contribution in [0.5, 0.6) is 5.75 Å². The van der Waals surface area contributed by atoms with Gasteiger partial charge in [0.05, 0.1) is 7.11 Å². The number of carbonyl (C=O) groups excluding carboxylic acids is 1. The third-order valence-electron chi connectivity index (χ3n) is 4.76.